The summed E-state index contributed by atoms with van der Waals surface area (Å²) >= 11 is 0. The highest BCUT2D eigenvalue weighted by Crippen LogP contribution is 2.32. The van der Waals surface area contributed by atoms with E-state index in [1.165, 1.54) is 0 Å². The normalized spacial score (nSPS) is 11.0. The third kappa shape index (κ3) is 7.63. The van der Waals surface area contributed by atoms with Gasteiger partial charge in [-0.15, -0.1) is 0 Å². The summed E-state index contributed by atoms with van der Waals surface area (Å²) in [5.41, 5.74) is 5.54. The summed E-state index contributed by atoms with van der Waals surface area (Å²) in [6, 6.07) is 49.8. The highest BCUT2D eigenvalue weighted by atomic mass is 16.2. The van der Waals surface area contributed by atoms with Crippen LogP contribution in [0.3, 0.4) is 0 Å². The van der Waals surface area contributed by atoms with Gasteiger partial charge in [0.25, 0.3) is 5.91 Å². The van der Waals surface area contributed by atoms with E-state index in [-0.39, 0.29) is 24.6 Å². The first-order valence-electron chi connectivity index (χ1n) is 15.0. The number of benzene rings is 5. The summed E-state index contributed by atoms with van der Waals surface area (Å²) in [7, 11) is 0. The Hall–Kier alpha value is -6.24. The van der Waals surface area contributed by atoms with Crippen LogP contribution in [0.15, 0.2) is 151 Å². The molecule has 1 atom stereocenters. The second-order valence-electron chi connectivity index (χ2n) is 10.7. The van der Waals surface area contributed by atoms with E-state index in [4.69, 9.17) is 0 Å². The van der Waals surface area contributed by atoms with E-state index in [1.807, 2.05) is 146 Å². The van der Waals surface area contributed by atoms with Crippen molar-refractivity contribution in [2.45, 2.75) is 19.0 Å². The fraction of sp³-hybridized carbons (Fsp3) is 0.100. The molecule has 0 fully saturated rings. The number of nitrogens with one attached hydrogen (secondary N) is 2. The van der Waals surface area contributed by atoms with E-state index in [9.17, 15) is 20.1 Å². The Morgan fingerprint density at radius 3 is 1.50 bits per heavy atom. The van der Waals surface area contributed by atoms with Crippen LogP contribution < -0.4 is 10.6 Å². The van der Waals surface area contributed by atoms with Crippen molar-refractivity contribution in [3.8, 4) is 12.1 Å². The molecule has 0 heterocycles. The molecular formula is C40H32N4O2. The van der Waals surface area contributed by atoms with E-state index >= 15 is 0 Å². The molecule has 6 heteroatoms. The van der Waals surface area contributed by atoms with Crippen LogP contribution in [0.25, 0.3) is 5.57 Å². The number of nitrogens with zero attached hydrogens (tertiary/aromatic N) is 2. The van der Waals surface area contributed by atoms with Crippen molar-refractivity contribution in [3.05, 3.63) is 185 Å². The van der Waals surface area contributed by atoms with Crippen molar-refractivity contribution in [2.24, 2.45) is 5.92 Å². The van der Waals surface area contributed by atoms with E-state index < -0.39 is 17.7 Å². The summed E-state index contributed by atoms with van der Waals surface area (Å²) < 4.78 is 0. The quantitative estimate of drug-likeness (QED) is 0.127. The Labute approximate surface area is 269 Å². The van der Waals surface area contributed by atoms with Crippen LogP contribution in [0.4, 0.5) is 0 Å². The average Bonchev–Trinajstić information content (AvgIpc) is 3.12. The molecule has 0 aliphatic heterocycles. The van der Waals surface area contributed by atoms with Crippen LogP contribution in [0.2, 0.25) is 0 Å². The van der Waals surface area contributed by atoms with Crippen molar-refractivity contribution in [3.63, 3.8) is 0 Å². The molecule has 6 nitrogen and oxygen atoms in total. The Bertz CT molecular complexity index is 1810. The highest BCUT2D eigenvalue weighted by molar-refractivity contribution is 6.08. The lowest BCUT2D eigenvalue weighted by molar-refractivity contribution is -0.124. The number of nitriles is 2. The van der Waals surface area contributed by atoms with Gasteiger partial charge in [-0.1, -0.05) is 146 Å². The van der Waals surface area contributed by atoms with Gasteiger partial charge in [-0.05, 0) is 33.4 Å². The van der Waals surface area contributed by atoms with Crippen molar-refractivity contribution < 1.29 is 9.59 Å². The largest absolute Gasteiger partial charge is 0.351 e. The molecule has 5 aromatic rings. The molecule has 0 aliphatic rings. The zero-order chi connectivity index (χ0) is 32.1. The average molecular weight is 601 g/mol. The SMILES string of the molecule is N#CC(C(=O)NCc1cccc(CNC(=O)C(C#N)C(c2ccccc2)c2ccccc2)c1)=C(c1ccccc1)c1ccccc1. The zero-order valence-corrected chi connectivity index (χ0v) is 25.1. The van der Waals surface area contributed by atoms with Crippen LogP contribution in [-0.4, -0.2) is 11.8 Å². The lowest BCUT2D eigenvalue weighted by atomic mass is 9.81. The molecule has 0 aromatic heterocycles. The molecule has 0 saturated carbocycles. The van der Waals surface area contributed by atoms with Gasteiger partial charge in [0, 0.05) is 24.6 Å². The number of hydrogen-bond acceptors (Lipinski definition) is 4. The predicted molar refractivity (Wildman–Crippen MR) is 178 cm³/mol. The first-order valence-corrected chi connectivity index (χ1v) is 15.0. The Balaban J connectivity index is 1.29. The standard InChI is InChI=1S/C40H32N4O2/c41-25-35(37(31-16-5-1-6-17-31)32-18-7-2-8-19-32)39(45)43-27-29-14-13-15-30(24-29)28-44-40(46)36(26-42)38(33-20-9-3-10-21-33)34-22-11-4-12-23-34/h1-24,35,37H,27-28H2,(H,43,45)(H,44,46). The van der Waals surface area contributed by atoms with Crippen molar-refractivity contribution in [1.82, 2.24) is 10.6 Å². The minimum atomic E-state index is -0.938. The van der Waals surface area contributed by atoms with Crippen molar-refractivity contribution >= 4 is 17.4 Å². The molecule has 5 rings (SSSR count). The van der Waals surface area contributed by atoms with Gasteiger partial charge >= 0.3 is 0 Å². The first kappa shape index (κ1) is 31.2. The van der Waals surface area contributed by atoms with Gasteiger partial charge in [-0.3, -0.25) is 9.59 Å². The molecule has 2 amide bonds. The minimum Gasteiger partial charge on any atom is -0.351 e. The first-order chi connectivity index (χ1) is 22.6. The van der Waals surface area contributed by atoms with Gasteiger partial charge in [-0.2, -0.15) is 10.5 Å². The molecule has 46 heavy (non-hydrogen) atoms. The number of hydrogen-bond donors (Lipinski definition) is 2. The van der Waals surface area contributed by atoms with Gasteiger partial charge < -0.3 is 10.6 Å². The zero-order valence-electron chi connectivity index (χ0n) is 25.1. The molecule has 5 aromatic carbocycles. The number of rotatable bonds is 11. The van der Waals surface area contributed by atoms with Gasteiger partial charge in [0.1, 0.15) is 17.6 Å². The monoisotopic (exact) mass is 600 g/mol. The molecule has 0 aliphatic carbocycles. The van der Waals surface area contributed by atoms with Gasteiger partial charge in [-0.25, -0.2) is 0 Å². The topological polar surface area (TPSA) is 106 Å². The fourth-order valence-electron chi connectivity index (χ4n) is 5.49. The molecular weight excluding hydrogens is 568 g/mol. The number of carbonyl (C=O) groups excluding carboxylic acids is 2. The van der Waals surface area contributed by atoms with Crippen LogP contribution in [-0.2, 0) is 22.7 Å². The van der Waals surface area contributed by atoms with E-state index in [0.29, 0.717) is 5.57 Å². The second-order valence-corrected chi connectivity index (χ2v) is 10.7. The Morgan fingerprint density at radius 2 is 1.04 bits per heavy atom. The Kier molecular flexibility index (Phi) is 10.5. The van der Waals surface area contributed by atoms with Crippen molar-refractivity contribution in [1.29, 1.82) is 10.5 Å². The predicted octanol–water partition coefficient (Wildman–Crippen LogP) is 6.92. The van der Waals surface area contributed by atoms with Crippen molar-refractivity contribution in [2.75, 3.05) is 0 Å². The van der Waals surface area contributed by atoms with Gasteiger partial charge in [0.05, 0.1) is 6.07 Å². The molecule has 0 spiro atoms. The molecule has 224 valence electrons. The van der Waals surface area contributed by atoms with Crippen LogP contribution in [0.5, 0.6) is 0 Å². The highest BCUT2D eigenvalue weighted by Gasteiger charge is 2.31. The minimum absolute atomic E-state index is 0.0229. The summed E-state index contributed by atoms with van der Waals surface area (Å²) in [6.07, 6.45) is 0. The summed E-state index contributed by atoms with van der Waals surface area (Å²) in [5.74, 6) is -2.20. The molecule has 0 radical (unpaired) electrons. The summed E-state index contributed by atoms with van der Waals surface area (Å²) in [5, 5.41) is 26.0. The molecule has 0 saturated heterocycles. The lowest BCUT2D eigenvalue weighted by Gasteiger charge is -2.22. The molecule has 1 unspecified atom stereocenters. The summed E-state index contributed by atoms with van der Waals surface area (Å²) in [6.45, 7) is 0.401. The lowest BCUT2D eigenvalue weighted by Crippen LogP contribution is -2.33. The Morgan fingerprint density at radius 1 is 0.587 bits per heavy atom. The fourth-order valence-corrected chi connectivity index (χ4v) is 5.49. The third-order valence-corrected chi connectivity index (χ3v) is 7.70. The van der Waals surface area contributed by atoms with E-state index in [2.05, 4.69) is 22.8 Å². The molecule has 0 bridgehead atoms. The van der Waals surface area contributed by atoms with Gasteiger partial charge in [0.2, 0.25) is 5.91 Å². The maximum absolute atomic E-state index is 13.4. The van der Waals surface area contributed by atoms with Crippen LogP contribution >= 0.6 is 0 Å². The maximum atomic E-state index is 13.4. The third-order valence-electron chi connectivity index (χ3n) is 7.70. The number of carbonyl (C=O) groups is 2. The maximum Gasteiger partial charge on any atom is 0.262 e. The van der Waals surface area contributed by atoms with Crippen LogP contribution in [0.1, 0.15) is 39.3 Å². The van der Waals surface area contributed by atoms with E-state index in [1.54, 1.807) is 0 Å². The van der Waals surface area contributed by atoms with Crippen LogP contribution in [0, 0.1) is 28.6 Å². The number of amides is 2. The van der Waals surface area contributed by atoms with E-state index in [0.717, 1.165) is 33.4 Å². The summed E-state index contributed by atoms with van der Waals surface area (Å²) in [4.78, 5) is 26.8. The smallest absolute Gasteiger partial charge is 0.262 e. The molecule has 2 N–H and O–H groups in total. The second kappa shape index (κ2) is 15.5. The van der Waals surface area contributed by atoms with Gasteiger partial charge in [0.15, 0.2) is 0 Å².